The summed E-state index contributed by atoms with van der Waals surface area (Å²) in [5, 5.41) is 46.2. The molecule has 7 N–H and O–H groups in total. The standard InChI is InChI=1S/C25H28N2O9/c1-24(2,3)9-36-23(34)27-13-5-4-10-6-11-7-12-8-14(28)17(22(26)33)21(32)25(12,35)20(31)16(11)19(30)15(10)18(13)29/h4-5,11-12,29-30,32,35H,6-9H2,1-3H3,(H2,26,33)(H,27,34). The van der Waals surface area contributed by atoms with Crippen LogP contribution in [0.1, 0.15) is 44.7 Å². The summed E-state index contributed by atoms with van der Waals surface area (Å²) in [4.78, 5) is 49.7. The van der Waals surface area contributed by atoms with E-state index in [2.05, 4.69) is 5.32 Å². The van der Waals surface area contributed by atoms with Gasteiger partial charge in [-0.05, 0) is 35.8 Å². The van der Waals surface area contributed by atoms with Crippen molar-refractivity contribution < 1.29 is 44.3 Å². The second-order valence-electron chi connectivity index (χ2n) is 10.7. The van der Waals surface area contributed by atoms with Crippen LogP contribution in [0, 0.1) is 17.3 Å². The van der Waals surface area contributed by atoms with E-state index in [9.17, 15) is 39.6 Å². The van der Waals surface area contributed by atoms with Gasteiger partial charge >= 0.3 is 6.09 Å². The molecule has 0 aliphatic heterocycles. The maximum atomic E-state index is 13.5. The predicted octanol–water partition coefficient (Wildman–Crippen LogP) is 2.02. The molecule has 3 aliphatic carbocycles. The molecular formula is C25H28N2O9. The maximum absolute atomic E-state index is 13.5. The van der Waals surface area contributed by atoms with Crippen LogP contribution in [0.4, 0.5) is 10.5 Å². The molecule has 1 aromatic carbocycles. The number of primary amides is 1. The van der Waals surface area contributed by atoms with Crippen LogP contribution in [-0.4, -0.2) is 56.2 Å². The number of aromatic hydroxyl groups is 1. The lowest BCUT2D eigenvalue weighted by Gasteiger charge is -2.46. The van der Waals surface area contributed by atoms with Crippen LogP contribution in [0.3, 0.4) is 0 Å². The fourth-order valence-electron chi connectivity index (χ4n) is 5.13. The molecule has 0 bridgehead atoms. The number of ether oxygens (including phenoxy) is 1. The molecule has 0 aromatic heterocycles. The number of nitrogens with one attached hydrogen (secondary N) is 1. The zero-order valence-electron chi connectivity index (χ0n) is 20.0. The van der Waals surface area contributed by atoms with Crippen LogP contribution in [0.2, 0.25) is 0 Å². The average Bonchev–Trinajstić information content (AvgIpc) is 2.76. The molecule has 3 aliphatic rings. The highest BCUT2D eigenvalue weighted by Gasteiger charge is 2.60. The van der Waals surface area contributed by atoms with Crippen LogP contribution in [0.15, 0.2) is 29.0 Å². The van der Waals surface area contributed by atoms with Crippen molar-refractivity contribution in [3.05, 3.63) is 40.2 Å². The lowest BCUT2D eigenvalue weighted by atomic mass is 9.59. The number of hydrogen-bond acceptors (Lipinski definition) is 9. The number of ketones is 2. The Hall–Kier alpha value is -3.86. The van der Waals surface area contributed by atoms with E-state index in [4.69, 9.17) is 10.5 Å². The van der Waals surface area contributed by atoms with Crippen molar-refractivity contribution >= 4 is 35.0 Å². The Labute approximate surface area is 206 Å². The largest absolute Gasteiger partial charge is 0.508 e. The number of anilines is 1. The summed E-state index contributed by atoms with van der Waals surface area (Å²) in [6.45, 7) is 5.73. The van der Waals surface area contributed by atoms with Gasteiger partial charge < -0.3 is 30.9 Å². The molecule has 1 saturated carbocycles. The first-order valence-electron chi connectivity index (χ1n) is 11.4. The molecule has 1 aromatic rings. The molecule has 0 heterocycles. The van der Waals surface area contributed by atoms with Crippen molar-refractivity contribution in [1.82, 2.24) is 0 Å². The number of aliphatic hydroxyl groups is 3. The van der Waals surface area contributed by atoms with Gasteiger partial charge in [-0.25, -0.2) is 4.79 Å². The third kappa shape index (κ3) is 3.89. The first kappa shape index (κ1) is 25.2. The Morgan fingerprint density at radius 3 is 2.44 bits per heavy atom. The number of benzene rings is 1. The number of phenolic OH excluding ortho intramolecular Hbond substituents is 1. The van der Waals surface area contributed by atoms with Crippen LogP contribution >= 0.6 is 0 Å². The lowest BCUT2D eigenvalue weighted by Crippen LogP contribution is -2.58. The molecule has 0 saturated heterocycles. The van der Waals surface area contributed by atoms with Crippen molar-refractivity contribution in [2.24, 2.45) is 23.0 Å². The number of hydrogen-bond donors (Lipinski definition) is 6. The molecule has 192 valence electrons. The van der Waals surface area contributed by atoms with E-state index in [0.29, 0.717) is 5.56 Å². The molecule has 0 spiro atoms. The molecule has 3 unspecified atom stereocenters. The third-order valence-corrected chi connectivity index (χ3v) is 6.81. The first-order chi connectivity index (χ1) is 16.7. The summed E-state index contributed by atoms with van der Waals surface area (Å²) in [5.41, 5.74) is 1.45. The summed E-state index contributed by atoms with van der Waals surface area (Å²) in [5.74, 6) is -7.07. The number of rotatable bonds is 3. The van der Waals surface area contributed by atoms with Gasteiger partial charge in [-0.15, -0.1) is 0 Å². The number of phenols is 1. The summed E-state index contributed by atoms with van der Waals surface area (Å²) >= 11 is 0. The minimum atomic E-state index is -2.63. The van der Waals surface area contributed by atoms with Gasteiger partial charge in [-0.2, -0.15) is 0 Å². The fraction of sp³-hybridized carbons (Fsp3) is 0.440. The highest BCUT2D eigenvalue weighted by atomic mass is 16.5. The van der Waals surface area contributed by atoms with E-state index < -0.39 is 63.8 Å². The van der Waals surface area contributed by atoms with E-state index in [-0.39, 0.29) is 48.1 Å². The molecule has 11 nitrogen and oxygen atoms in total. The first-order valence-corrected chi connectivity index (χ1v) is 11.4. The van der Waals surface area contributed by atoms with Gasteiger partial charge in [0.15, 0.2) is 11.4 Å². The lowest BCUT2D eigenvalue weighted by molar-refractivity contribution is -0.147. The number of amides is 2. The Morgan fingerprint density at radius 1 is 1.17 bits per heavy atom. The van der Waals surface area contributed by atoms with Crippen molar-refractivity contribution in [3.8, 4) is 5.75 Å². The van der Waals surface area contributed by atoms with Gasteiger partial charge in [0, 0.05) is 17.9 Å². The smallest absolute Gasteiger partial charge is 0.411 e. The molecule has 11 heteroatoms. The van der Waals surface area contributed by atoms with Gasteiger partial charge in [0.2, 0.25) is 5.78 Å². The van der Waals surface area contributed by atoms with E-state index in [1.807, 2.05) is 20.8 Å². The molecule has 36 heavy (non-hydrogen) atoms. The highest BCUT2D eigenvalue weighted by Crippen LogP contribution is 2.52. The normalized spacial score (nSPS) is 25.7. The quantitative estimate of drug-likeness (QED) is 0.266. The second kappa shape index (κ2) is 8.37. The van der Waals surface area contributed by atoms with Crippen LogP contribution in [0.5, 0.6) is 5.75 Å². The van der Waals surface area contributed by atoms with Crippen molar-refractivity contribution in [3.63, 3.8) is 0 Å². The summed E-state index contributed by atoms with van der Waals surface area (Å²) in [6.07, 6.45) is -0.987. The number of fused-ring (bicyclic) bond motifs is 3. The Morgan fingerprint density at radius 2 is 1.83 bits per heavy atom. The SMILES string of the molecule is CC(C)(C)COC(=O)Nc1ccc2c(c1O)C(O)=C1C(=O)C3(O)C(O)=C(C(N)=O)C(=O)CC3CC1C2. The maximum Gasteiger partial charge on any atom is 0.411 e. The zero-order valence-corrected chi connectivity index (χ0v) is 20.0. The summed E-state index contributed by atoms with van der Waals surface area (Å²) < 4.78 is 5.14. The molecule has 0 radical (unpaired) electrons. The monoisotopic (exact) mass is 500 g/mol. The molecule has 1 fully saturated rings. The van der Waals surface area contributed by atoms with Crippen LogP contribution < -0.4 is 11.1 Å². The van der Waals surface area contributed by atoms with Gasteiger partial charge in [-0.1, -0.05) is 26.8 Å². The van der Waals surface area contributed by atoms with Crippen molar-refractivity contribution in [1.29, 1.82) is 0 Å². The Bertz CT molecular complexity index is 1270. The average molecular weight is 501 g/mol. The zero-order chi connectivity index (χ0) is 26.7. The summed E-state index contributed by atoms with van der Waals surface area (Å²) in [6, 6.07) is 3.00. The van der Waals surface area contributed by atoms with Gasteiger partial charge in [0.25, 0.3) is 5.91 Å². The predicted molar refractivity (Wildman–Crippen MR) is 126 cm³/mol. The Kier molecular flexibility index (Phi) is 5.87. The van der Waals surface area contributed by atoms with Crippen LogP contribution in [-0.2, 0) is 25.5 Å². The van der Waals surface area contributed by atoms with Gasteiger partial charge in [0.1, 0.15) is 22.8 Å². The fourth-order valence-corrected chi connectivity index (χ4v) is 5.13. The minimum Gasteiger partial charge on any atom is -0.508 e. The van der Waals surface area contributed by atoms with Crippen molar-refractivity contribution in [2.75, 3.05) is 11.9 Å². The third-order valence-electron chi connectivity index (χ3n) is 6.81. The number of Topliss-reactive ketones (excluding diaryl/α,β-unsaturated/α-hetero) is 2. The molecule has 2 amide bonds. The minimum absolute atomic E-state index is 0.0445. The molecule has 4 rings (SSSR count). The summed E-state index contributed by atoms with van der Waals surface area (Å²) in [7, 11) is 0. The number of carbonyl (C=O) groups is 4. The highest BCUT2D eigenvalue weighted by molar-refractivity contribution is 6.22. The number of carbonyl (C=O) groups excluding carboxylic acids is 4. The van der Waals surface area contributed by atoms with Gasteiger partial charge in [0.05, 0.1) is 17.9 Å². The van der Waals surface area contributed by atoms with E-state index in [1.165, 1.54) is 6.07 Å². The van der Waals surface area contributed by atoms with Crippen LogP contribution in [0.25, 0.3) is 5.76 Å². The van der Waals surface area contributed by atoms with E-state index in [1.54, 1.807) is 6.07 Å². The van der Waals surface area contributed by atoms with E-state index >= 15 is 0 Å². The topological polar surface area (TPSA) is 196 Å². The Balaban J connectivity index is 1.74. The van der Waals surface area contributed by atoms with Crippen molar-refractivity contribution in [2.45, 2.75) is 45.6 Å². The second-order valence-corrected chi connectivity index (χ2v) is 10.7. The molecular weight excluding hydrogens is 472 g/mol. The number of nitrogens with two attached hydrogens (primary N) is 1. The number of aliphatic hydroxyl groups excluding tert-OH is 2. The van der Waals surface area contributed by atoms with Gasteiger partial charge in [-0.3, -0.25) is 19.7 Å². The van der Waals surface area contributed by atoms with E-state index in [0.717, 1.165) is 0 Å². The molecule has 3 atom stereocenters.